The van der Waals surface area contributed by atoms with Gasteiger partial charge in [-0.05, 0) is 0 Å². The van der Waals surface area contributed by atoms with E-state index >= 15 is 0 Å². The van der Waals surface area contributed by atoms with Crippen LogP contribution in [0.25, 0.3) is 0 Å². The SMILES string of the molecule is NSCc1ccon1. The average Bonchev–Trinajstić information content (AvgIpc) is 2.19. The molecule has 0 saturated carbocycles. The molecule has 0 aliphatic rings. The largest absolute Gasteiger partial charge is 0.364 e. The molecule has 2 N–H and O–H groups in total. The minimum atomic E-state index is 0.719. The van der Waals surface area contributed by atoms with E-state index in [4.69, 9.17) is 5.14 Å². The van der Waals surface area contributed by atoms with Gasteiger partial charge in [-0.1, -0.05) is 17.1 Å². The first-order valence-corrected chi connectivity index (χ1v) is 3.19. The maximum absolute atomic E-state index is 5.15. The molecule has 44 valence electrons. The Morgan fingerprint density at radius 3 is 3.25 bits per heavy atom. The molecule has 8 heavy (non-hydrogen) atoms. The summed E-state index contributed by atoms with van der Waals surface area (Å²) in [6.07, 6.45) is 1.53. The van der Waals surface area contributed by atoms with E-state index in [1.54, 1.807) is 6.07 Å². The van der Waals surface area contributed by atoms with Crippen molar-refractivity contribution in [1.82, 2.24) is 5.16 Å². The molecule has 0 aliphatic carbocycles. The van der Waals surface area contributed by atoms with Crippen LogP contribution in [0.3, 0.4) is 0 Å². The Morgan fingerprint density at radius 1 is 1.88 bits per heavy atom. The smallest absolute Gasteiger partial charge is 0.124 e. The van der Waals surface area contributed by atoms with Crippen molar-refractivity contribution in [2.24, 2.45) is 5.14 Å². The molecular weight excluding hydrogens is 124 g/mol. The molecule has 0 saturated heterocycles. The molecule has 3 nitrogen and oxygen atoms in total. The number of nitrogens with zero attached hydrogens (tertiary/aromatic N) is 1. The second-order valence-corrected chi connectivity index (χ2v) is 1.92. The van der Waals surface area contributed by atoms with E-state index in [-0.39, 0.29) is 0 Å². The first-order valence-electron chi connectivity index (χ1n) is 2.14. The van der Waals surface area contributed by atoms with Crippen LogP contribution in [0, 0.1) is 0 Å². The zero-order valence-electron chi connectivity index (χ0n) is 4.20. The number of nitrogens with two attached hydrogens (primary N) is 1. The summed E-state index contributed by atoms with van der Waals surface area (Å²) < 4.78 is 4.55. The zero-order chi connectivity index (χ0) is 5.82. The van der Waals surface area contributed by atoms with Crippen LogP contribution in [0.4, 0.5) is 0 Å². The minimum Gasteiger partial charge on any atom is -0.364 e. The first-order chi connectivity index (χ1) is 3.93. The van der Waals surface area contributed by atoms with Gasteiger partial charge in [0, 0.05) is 6.07 Å². The van der Waals surface area contributed by atoms with Gasteiger partial charge >= 0.3 is 0 Å². The highest BCUT2D eigenvalue weighted by atomic mass is 32.2. The lowest BCUT2D eigenvalue weighted by Crippen LogP contribution is -1.82. The maximum atomic E-state index is 5.15. The van der Waals surface area contributed by atoms with Gasteiger partial charge in [-0.3, -0.25) is 5.14 Å². The predicted octanol–water partition coefficient (Wildman–Crippen LogP) is 0.782. The second-order valence-electron chi connectivity index (χ2n) is 1.30. The van der Waals surface area contributed by atoms with Gasteiger partial charge in [0.15, 0.2) is 0 Å². The predicted molar refractivity (Wildman–Crippen MR) is 32.0 cm³/mol. The Bertz CT molecular complexity index is 140. The van der Waals surface area contributed by atoms with Crippen molar-refractivity contribution in [3.63, 3.8) is 0 Å². The van der Waals surface area contributed by atoms with E-state index < -0.39 is 0 Å². The van der Waals surface area contributed by atoms with Gasteiger partial charge in [-0.25, -0.2) is 0 Å². The highest BCUT2D eigenvalue weighted by molar-refractivity contribution is 7.96. The third-order valence-electron chi connectivity index (χ3n) is 0.722. The highest BCUT2D eigenvalue weighted by Crippen LogP contribution is 2.01. The maximum Gasteiger partial charge on any atom is 0.124 e. The third kappa shape index (κ3) is 1.24. The summed E-state index contributed by atoms with van der Waals surface area (Å²) >= 11 is 1.24. The average molecular weight is 130 g/mol. The standard InChI is InChI=1S/C4H6N2OS/c5-8-3-4-1-2-7-6-4/h1-2H,3,5H2. The summed E-state index contributed by atoms with van der Waals surface area (Å²) in [6, 6.07) is 1.79. The van der Waals surface area contributed by atoms with Gasteiger partial charge in [0.1, 0.15) is 6.26 Å². The Labute approximate surface area is 51.4 Å². The lowest BCUT2D eigenvalue weighted by molar-refractivity contribution is 0.414. The van der Waals surface area contributed by atoms with Crippen molar-refractivity contribution in [3.05, 3.63) is 18.0 Å². The van der Waals surface area contributed by atoms with E-state index in [9.17, 15) is 0 Å². The van der Waals surface area contributed by atoms with Gasteiger partial charge in [0.2, 0.25) is 0 Å². The molecule has 0 fully saturated rings. The summed E-state index contributed by atoms with van der Waals surface area (Å²) in [7, 11) is 0. The Balaban J connectivity index is 2.50. The van der Waals surface area contributed by atoms with Crippen LogP contribution in [0.15, 0.2) is 16.9 Å². The van der Waals surface area contributed by atoms with Crippen molar-refractivity contribution in [1.29, 1.82) is 0 Å². The molecule has 1 aromatic heterocycles. The Kier molecular flexibility index (Phi) is 1.93. The minimum absolute atomic E-state index is 0.719. The second kappa shape index (κ2) is 2.74. The lowest BCUT2D eigenvalue weighted by atomic mass is 10.5. The topological polar surface area (TPSA) is 52.0 Å². The van der Waals surface area contributed by atoms with E-state index in [0.717, 1.165) is 11.4 Å². The molecular formula is C4H6N2OS. The van der Waals surface area contributed by atoms with E-state index in [2.05, 4.69) is 9.68 Å². The van der Waals surface area contributed by atoms with Crippen molar-refractivity contribution < 1.29 is 4.52 Å². The first kappa shape index (κ1) is 5.65. The van der Waals surface area contributed by atoms with E-state index in [1.807, 2.05) is 0 Å². The van der Waals surface area contributed by atoms with Crippen LogP contribution in [0.5, 0.6) is 0 Å². The molecule has 0 amide bonds. The van der Waals surface area contributed by atoms with Crippen LogP contribution < -0.4 is 5.14 Å². The quantitative estimate of drug-likeness (QED) is 0.601. The number of hydrogen-bond acceptors (Lipinski definition) is 4. The highest BCUT2D eigenvalue weighted by Gasteiger charge is 1.91. The number of rotatable bonds is 2. The molecule has 0 radical (unpaired) electrons. The van der Waals surface area contributed by atoms with Gasteiger partial charge in [-0.2, -0.15) is 0 Å². The number of hydrogen-bond donors (Lipinski definition) is 1. The molecule has 0 atom stereocenters. The summed E-state index contributed by atoms with van der Waals surface area (Å²) in [5.74, 6) is 0.719. The van der Waals surface area contributed by atoms with Gasteiger partial charge in [0.05, 0.1) is 11.4 Å². The fourth-order valence-electron chi connectivity index (χ4n) is 0.397. The summed E-state index contributed by atoms with van der Waals surface area (Å²) in [6.45, 7) is 0. The van der Waals surface area contributed by atoms with E-state index in [1.165, 1.54) is 18.2 Å². The van der Waals surface area contributed by atoms with Crippen LogP contribution in [-0.2, 0) is 5.75 Å². The van der Waals surface area contributed by atoms with Crippen molar-refractivity contribution in [3.8, 4) is 0 Å². The van der Waals surface area contributed by atoms with Crippen molar-refractivity contribution in [2.45, 2.75) is 5.75 Å². The van der Waals surface area contributed by atoms with Crippen LogP contribution in [-0.4, -0.2) is 5.16 Å². The summed E-state index contributed by atoms with van der Waals surface area (Å²) in [5, 5.41) is 8.78. The zero-order valence-corrected chi connectivity index (χ0v) is 5.02. The Hall–Kier alpha value is -0.480. The summed E-state index contributed by atoms with van der Waals surface area (Å²) in [4.78, 5) is 0. The number of aromatic nitrogens is 1. The molecule has 0 spiro atoms. The molecule has 1 heterocycles. The fraction of sp³-hybridized carbons (Fsp3) is 0.250. The molecule has 0 bridgehead atoms. The van der Waals surface area contributed by atoms with Crippen LogP contribution in [0.2, 0.25) is 0 Å². The molecule has 1 aromatic rings. The Morgan fingerprint density at radius 2 is 2.75 bits per heavy atom. The molecule has 4 heteroatoms. The molecule has 0 unspecified atom stereocenters. The van der Waals surface area contributed by atoms with Crippen molar-refractivity contribution in [2.75, 3.05) is 0 Å². The summed E-state index contributed by atoms with van der Waals surface area (Å²) in [5.41, 5.74) is 0.887. The van der Waals surface area contributed by atoms with Gasteiger partial charge < -0.3 is 4.52 Å². The van der Waals surface area contributed by atoms with E-state index in [0.29, 0.717) is 0 Å². The van der Waals surface area contributed by atoms with Gasteiger partial charge in [-0.15, -0.1) is 0 Å². The molecule has 0 aromatic carbocycles. The fourth-order valence-corrected chi connectivity index (χ4v) is 0.717. The van der Waals surface area contributed by atoms with Gasteiger partial charge in [0.25, 0.3) is 0 Å². The monoisotopic (exact) mass is 130 g/mol. The van der Waals surface area contributed by atoms with Crippen molar-refractivity contribution >= 4 is 11.9 Å². The third-order valence-corrected chi connectivity index (χ3v) is 1.18. The molecule has 0 aliphatic heterocycles. The van der Waals surface area contributed by atoms with Crippen LogP contribution in [0.1, 0.15) is 5.69 Å². The normalized spacial score (nSPS) is 9.62. The van der Waals surface area contributed by atoms with Crippen LogP contribution >= 0.6 is 11.9 Å². The molecule has 1 rings (SSSR count). The lowest BCUT2D eigenvalue weighted by Gasteiger charge is -1.82.